The first-order valence-electron chi connectivity index (χ1n) is 13.5. The van der Waals surface area contributed by atoms with Crippen LogP contribution in [0.5, 0.6) is 11.5 Å². The molecule has 6 heteroatoms. The molecule has 6 nitrogen and oxygen atoms in total. The fourth-order valence-electron chi connectivity index (χ4n) is 5.62. The minimum atomic E-state index is 0.0895. The zero-order chi connectivity index (χ0) is 26.5. The smallest absolute Gasteiger partial charge is 0.270 e. The van der Waals surface area contributed by atoms with Crippen molar-refractivity contribution >= 4 is 22.5 Å². The lowest BCUT2D eigenvalue weighted by Gasteiger charge is -2.37. The molecule has 198 valence electrons. The number of carbonyl (C=O) groups excluding carboxylic acids is 1. The molecule has 4 aromatic rings. The van der Waals surface area contributed by atoms with Crippen molar-refractivity contribution in [3.63, 3.8) is 0 Å². The zero-order valence-electron chi connectivity index (χ0n) is 22.6. The first kappa shape index (κ1) is 25.7. The van der Waals surface area contributed by atoms with E-state index >= 15 is 0 Å². The molecule has 0 radical (unpaired) electrons. The van der Waals surface area contributed by atoms with Gasteiger partial charge in [0, 0.05) is 43.6 Å². The van der Waals surface area contributed by atoms with Crippen molar-refractivity contribution < 1.29 is 14.3 Å². The molecule has 1 saturated heterocycles. The molecule has 3 aromatic carbocycles. The normalized spacial score (nSPS) is 15.4. The third kappa shape index (κ3) is 5.35. The van der Waals surface area contributed by atoms with Crippen LogP contribution >= 0.6 is 0 Å². The van der Waals surface area contributed by atoms with Gasteiger partial charge in [0.05, 0.1) is 19.9 Å². The quantitative estimate of drug-likeness (QED) is 0.273. The molecular formula is C32H37N3O3. The van der Waals surface area contributed by atoms with Gasteiger partial charge in [0.25, 0.3) is 5.91 Å². The Morgan fingerprint density at radius 2 is 1.74 bits per heavy atom. The van der Waals surface area contributed by atoms with Gasteiger partial charge in [-0.2, -0.15) is 0 Å². The van der Waals surface area contributed by atoms with Crippen molar-refractivity contribution in [2.24, 2.45) is 5.92 Å². The third-order valence-electron chi connectivity index (χ3n) is 7.62. The van der Waals surface area contributed by atoms with Gasteiger partial charge in [-0.1, -0.05) is 42.5 Å². The van der Waals surface area contributed by atoms with Crippen LogP contribution in [0.15, 0.2) is 78.9 Å². The summed E-state index contributed by atoms with van der Waals surface area (Å²) in [6.07, 6.45) is 2.22. The largest absolute Gasteiger partial charge is 0.497 e. The number of benzene rings is 3. The summed E-state index contributed by atoms with van der Waals surface area (Å²) in [5.41, 5.74) is 4.07. The Morgan fingerprint density at radius 1 is 0.974 bits per heavy atom. The molecule has 0 bridgehead atoms. The number of ether oxygens (including phenoxy) is 2. The first-order valence-corrected chi connectivity index (χ1v) is 13.5. The van der Waals surface area contributed by atoms with Crippen LogP contribution in [-0.4, -0.2) is 55.8 Å². The maximum absolute atomic E-state index is 14.0. The molecule has 0 aliphatic carbocycles. The monoisotopic (exact) mass is 511 g/mol. The molecule has 1 fully saturated rings. The maximum atomic E-state index is 14.0. The summed E-state index contributed by atoms with van der Waals surface area (Å²) >= 11 is 0. The molecule has 1 unspecified atom stereocenters. The van der Waals surface area contributed by atoms with Gasteiger partial charge in [0.1, 0.15) is 17.2 Å². The van der Waals surface area contributed by atoms with Crippen LogP contribution in [0.1, 0.15) is 35.8 Å². The van der Waals surface area contributed by atoms with Crippen molar-refractivity contribution in [1.29, 1.82) is 0 Å². The van der Waals surface area contributed by atoms with Crippen LogP contribution in [0.25, 0.3) is 10.9 Å². The fraction of sp³-hybridized carbons (Fsp3) is 0.344. The van der Waals surface area contributed by atoms with Gasteiger partial charge in [-0.05, 0) is 67.6 Å². The molecule has 1 aliphatic heterocycles. The van der Waals surface area contributed by atoms with Crippen LogP contribution in [0, 0.1) is 5.92 Å². The standard InChI is InChI=1S/C32H37N3O3/c1-4-33(21-25-10-9-19-34(22-25)29-13-7-8-14-31(29)38-3)32(36)30-20-26-11-5-6-12-28(26)35(30)23-24-15-17-27(37-2)18-16-24/h5-8,11-18,20,25H,4,9-10,19,21-23H2,1-3H3. The predicted molar refractivity (Wildman–Crippen MR) is 154 cm³/mol. The molecule has 0 spiro atoms. The van der Waals surface area contributed by atoms with Gasteiger partial charge in [-0.15, -0.1) is 0 Å². The van der Waals surface area contributed by atoms with Crippen molar-refractivity contribution in [1.82, 2.24) is 9.47 Å². The number of aromatic nitrogens is 1. The number of hydrogen-bond acceptors (Lipinski definition) is 4. The van der Waals surface area contributed by atoms with E-state index < -0.39 is 0 Å². The highest BCUT2D eigenvalue weighted by Crippen LogP contribution is 2.32. The Morgan fingerprint density at radius 3 is 2.50 bits per heavy atom. The predicted octanol–water partition coefficient (Wildman–Crippen LogP) is 6.09. The molecule has 1 aromatic heterocycles. The van der Waals surface area contributed by atoms with Crippen LogP contribution < -0.4 is 14.4 Å². The average molecular weight is 512 g/mol. The molecule has 38 heavy (non-hydrogen) atoms. The Bertz CT molecular complexity index is 1380. The maximum Gasteiger partial charge on any atom is 0.270 e. The van der Waals surface area contributed by atoms with Gasteiger partial charge in [-0.25, -0.2) is 0 Å². The van der Waals surface area contributed by atoms with Crippen LogP contribution in [0.2, 0.25) is 0 Å². The van der Waals surface area contributed by atoms with Crippen molar-refractivity contribution in [2.75, 3.05) is 45.3 Å². The zero-order valence-corrected chi connectivity index (χ0v) is 22.6. The van der Waals surface area contributed by atoms with E-state index in [-0.39, 0.29) is 5.91 Å². The summed E-state index contributed by atoms with van der Waals surface area (Å²) in [5.74, 6) is 2.22. The molecular weight excluding hydrogens is 474 g/mol. The van der Waals surface area contributed by atoms with Crippen LogP contribution in [-0.2, 0) is 6.54 Å². The summed E-state index contributed by atoms with van der Waals surface area (Å²) in [5, 5.41) is 1.08. The minimum absolute atomic E-state index is 0.0895. The Hall–Kier alpha value is -3.93. The highest BCUT2D eigenvalue weighted by Gasteiger charge is 2.27. The third-order valence-corrected chi connectivity index (χ3v) is 7.62. The van der Waals surface area contributed by atoms with Crippen molar-refractivity contribution in [3.05, 3.63) is 90.1 Å². The lowest BCUT2D eigenvalue weighted by atomic mass is 9.96. The number of hydrogen-bond donors (Lipinski definition) is 0. The number of amides is 1. The van der Waals surface area contributed by atoms with Crippen LogP contribution in [0.4, 0.5) is 5.69 Å². The van der Waals surface area contributed by atoms with Gasteiger partial charge >= 0.3 is 0 Å². The molecule has 1 aliphatic rings. The van der Waals surface area contributed by atoms with Gasteiger partial charge in [0.15, 0.2) is 0 Å². The number of anilines is 1. The number of para-hydroxylation sites is 3. The average Bonchev–Trinajstić information content (AvgIpc) is 3.34. The van der Waals surface area contributed by atoms with Crippen LogP contribution in [0.3, 0.4) is 0 Å². The molecule has 0 N–H and O–H groups in total. The number of nitrogens with zero attached hydrogens (tertiary/aromatic N) is 3. The molecule has 2 heterocycles. The lowest BCUT2D eigenvalue weighted by Crippen LogP contribution is -2.43. The van der Waals surface area contributed by atoms with E-state index in [9.17, 15) is 4.79 Å². The van der Waals surface area contributed by atoms with E-state index in [0.29, 0.717) is 19.0 Å². The van der Waals surface area contributed by atoms with E-state index in [1.54, 1.807) is 14.2 Å². The van der Waals surface area contributed by atoms with Gasteiger partial charge < -0.3 is 23.8 Å². The lowest BCUT2D eigenvalue weighted by molar-refractivity contribution is 0.0722. The Kier molecular flexibility index (Phi) is 7.87. The summed E-state index contributed by atoms with van der Waals surface area (Å²) < 4.78 is 13.1. The van der Waals surface area contributed by atoms with E-state index in [1.165, 1.54) is 0 Å². The van der Waals surface area contributed by atoms with E-state index in [0.717, 1.165) is 71.8 Å². The van der Waals surface area contributed by atoms with E-state index in [1.807, 2.05) is 47.4 Å². The topological polar surface area (TPSA) is 46.9 Å². The van der Waals surface area contributed by atoms with E-state index in [4.69, 9.17) is 9.47 Å². The molecule has 1 atom stereocenters. The number of fused-ring (bicyclic) bond motifs is 1. The first-order chi connectivity index (χ1) is 18.6. The second-order valence-corrected chi connectivity index (χ2v) is 9.99. The summed E-state index contributed by atoms with van der Waals surface area (Å²) in [6.45, 7) is 6.04. The SMILES string of the molecule is CCN(CC1CCCN(c2ccccc2OC)C1)C(=O)c1cc2ccccc2n1Cc1ccc(OC)cc1. The Labute approximate surface area is 225 Å². The highest BCUT2D eigenvalue weighted by molar-refractivity contribution is 5.98. The number of methoxy groups -OCH3 is 2. The highest BCUT2D eigenvalue weighted by atomic mass is 16.5. The molecule has 5 rings (SSSR count). The number of piperidine rings is 1. The van der Waals surface area contributed by atoms with Crippen molar-refractivity contribution in [2.45, 2.75) is 26.3 Å². The number of carbonyl (C=O) groups is 1. The summed E-state index contributed by atoms with van der Waals surface area (Å²) in [7, 11) is 3.40. The molecule has 1 amide bonds. The summed E-state index contributed by atoms with van der Waals surface area (Å²) in [4.78, 5) is 18.5. The fourth-order valence-corrected chi connectivity index (χ4v) is 5.62. The second-order valence-electron chi connectivity index (χ2n) is 9.99. The summed E-state index contributed by atoms with van der Waals surface area (Å²) in [6, 6.07) is 26.6. The van der Waals surface area contributed by atoms with Gasteiger partial charge in [-0.3, -0.25) is 4.79 Å². The Balaban J connectivity index is 1.38. The molecule has 0 saturated carbocycles. The minimum Gasteiger partial charge on any atom is -0.497 e. The number of rotatable bonds is 9. The van der Waals surface area contributed by atoms with E-state index in [2.05, 4.69) is 52.8 Å². The van der Waals surface area contributed by atoms with Crippen molar-refractivity contribution in [3.8, 4) is 11.5 Å². The second kappa shape index (κ2) is 11.6. The van der Waals surface area contributed by atoms with Gasteiger partial charge in [0.2, 0.25) is 0 Å².